The topological polar surface area (TPSA) is 702 Å². The van der Waals surface area contributed by atoms with Crippen molar-refractivity contribution >= 4 is 17.7 Å². The summed E-state index contributed by atoms with van der Waals surface area (Å²) in [6.45, 7) is -6.81. The van der Waals surface area contributed by atoms with Gasteiger partial charge in [0.1, 0.15) is 189 Å². The van der Waals surface area contributed by atoms with Crippen molar-refractivity contribution in [3.05, 3.63) is 0 Å². The zero-order valence-electron chi connectivity index (χ0n) is 52.6. The van der Waals surface area contributed by atoms with Crippen molar-refractivity contribution in [1.82, 2.24) is 16.0 Å². The SMILES string of the molecule is CC(=O)N[C@H]1[C@H](O[C@@H]([C@H](O)[C@H](CO)NC(C)=O)[C@H](O)CO)O[C@H](CO)[C@@H](O[C@@H]2O[C@H](CO[C@H]3O[C@H](CO)[C@@H](O)[C@H](O[C@H]4O[C@H](CO)[C@@H](O)[C@H](O)[C@@H]4O)[C@@H]3O)[C@@H](O)[C@H](O[C@H]3O[C@H](CO)[C@@H](O)[C@H](O)[C@@H]3O[C@@H]3O[C@H](CO)[C@@H](O[C@@H]4O[C@H](CO)[C@H](O)[C@H](O)[C@H]4O)[C@H](O)[C@H]3NC(C)=O)[C@@H]2O)[C@@H]1O. The van der Waals surface area contributed by atoms with E-state index in [1.807, 2.05) is 0 Å². The van der Waals surface area contributed by atoms with Gasteiger partial charge in [0.25, 0.3) is 0 Å². The first-order valence-corrected chi connectivity index (χ1v) is 31.0. The third kappa shape index (κ3) is 18.5. The molecule has 7 heterocycles. The first kappa shape index (κ1) is 82.2. The van der Waals surface area contributed by atoms with Crippen LogP contribution in [-0.2, 0) is 80.7 Å². The zero-order valence-corrected chi connectivity index (χ0v) is 52.6. The van der Waals surface area contributed by atoms with Crippen LogP contribution >= 0.6 is 0 Å². The minimum atomic E-state index is -2.52. The molecular formula is C54H93N3O41. The van der Waals surface area contributed by atoms with E-state index in [1.165, 1.54) is 0 Å². The second-order valence-electron chi connectivity index (χ2n) is 24.4. The average molecular weight is 1440 g/mol. The van der Waals surface area contributed by atoms with E-state index in [-0.39, 0.29) is 0 Å². The molecule has 0 spiro atoms. The van der Waals surface area contributed by atoms with Crippen LogP contribution in [0, 0.1) is 0 Å². The Morgan fingerprint density at radius 3 is 1.15 bits per heavy atom. The summed E-state index contributed by atoms with van der Waals surface area (Å²) in [6.07, 6.45) is -74.8. The van der Waals surface area contributed by atoms with Gasteiger partial charge in [0.2, 0.25) is 17.7 Å². The molecule has 0 aliphatic carbocycles. The maximum absolute atomic E-state index is 12.8. The van der Waals surface area contributed by atoms with Gasteiger partial charge in [0.05, 0.1) is 65.5 Å². The molecule has 7 aliphatic rings. The highest BCUT2D eigenvalue weighted by molar-refractivity contribution is 5.74. The van der Waals surface area contributed by atoms with Gasteiger partial charge in [-0.3, -0.25) is 14.4 Å². The number of rotatable bonds is 29. The van der Waals surface area contributed by atoms with Gasteiger partial charge in [-0.05, 0) is 0 Å². The van der Waals surface area contributed by atoms with Gasteiger partial charge >= 0.3 is 0 Å². The Balaban J connectivity index is 1.23. The highest BCUT2D eigenvalue weighted by atomic mass is 16.8. The molecule has 0 radical (unpaired) electrons. The minimum absolute atomic E-state index is 0.791. The fourth-order valence-electron chi connectivity index (χ4n) is 12.2. The van der Waals surface area contributed by atoms with E-state index in [0.717, 1.165) is 20.8 Å². The number of hydrogen-bond donors (Lipinski definition) is 27. The zero-order chi connectivity index (χ0) is 72.6. The van der Waals surface area contributed by atoms with Crippen LogP contribution < -0.4 is 16.0 Å². The van der Waals surface area contributed by atoms with Gasteiger partial charge < -0.3 is 205 Å². The number of carbonyl (C=O) groups is 3. The van der Waals surface area contributed by atoms with Gasteiger partial charge in [0, 0.05) is 20.8 Å². The van der Waals surface area contributed by atoms with Gasteiger partial charge in [-0.15, -0.1) is 0 Å². The third-order valence-corrected chi connectivity index (χ3v) is 17.5. The van der Waals surface area contributed by atoms with E-state index in [4.69, 9.17) is 66.3 Å². The number of amides is 3. The predicted octanol–water partition coefficient (Wildman–Crippen LogP) is -18.4. The highest BCUT2D eigenvalue weighted by Crippen LogP contribution is 2.38. The van der Waals surface area contributed by atoms with Crippen molar-refractivity contribution in [2.24, 2.45) is 0 Å². The summed E-state index contributed by atoms with van der Waals surface area (Å²) < 4.78 is 81.6. The standard InChI is InChI=1S/C54H93N3O41/c1-13(66)55-16(4-58)27(70)42(17(69)5-59)93-48-25(56-14(2)67)33(76)44(23(11-65)90-48)95-53-41(84)46(32(75)24(92-53)12-85-50-40(83)45(31(74)21(9-63)86-50)96-52-39(82)36(79)29(72)19(7-61)88-52)97-54-47(37(80)30(73)20(8-62)89-54)98-49-26(57-15(3)68)34(77)43(22(10-64)91-49)94-51-38(81)35(78)28(71)18(6-60)87-51/h16-54,58-65,69-84H,4-12H2,1-3H3,(H,55,66)(H,56,67)(H,57,68)/t16-,17+,18+,19+,20+,21+,22+,23+,24+,25+,26+,27+,28-,29+,30+,31+,32+,33+,34+,35-,36-,37-,38+,39-,40-,41-,42+,43+,44+,45-,46-,47-,48-,49-,50-,51-,52+,53-,54+/m0/s1. The highest BCUT2D eigenvalue weighted by Gasteiger charge is 2.59. The number of ether oxygens (including phenoxy) is 14. The number of nitrogens with one attached hydrogen (secondary N) is 3. The first-order chi connectivity index (χ1) is 46.3. The van der Waals surface area contributed by atoms with Crippen LogP contribution in [0.2, 0.25) is 0 Å². The van der Waals surface area contributed by atoms with Crippen molar-refractivity contribution in [3.63, 3.8) is 0 Å². The van der Waals surface area contributed by atoms with E-state index in [0.29, 0.717) is 0 Å². The van der Waals surface area contributed by atoms with E-state index < -0.39 is 316 Å². The quantitative estimate of drug-likeness (QED) is 0.0331. The second-order valence-corrected chi connectivity index (χ2v) is 24.4. The molecule has 0 aromatic carbocycles. The summed E-state index contributed by atoms with van der Waals surface area (Å²) in [6, 6.07) is -5.46. The molecule has 27 N–H and O–H groups in total. The van der Waals surface area contributed by atoms with E-state index in [2.05, 4.69) is 16.0 Å². The minimum Gasteiger partial charge on any atom is -0.394 e. The summed E-state index contributed by atoms with van der Waals surface area (Å²) in [7, 11) is 0. The molecule has 0 unspecified atom stereocenters. The molecule has 7 saturated heterocycles. The van der Waals surface area contributed by atoms with Crippen molar-refractivity contribution in [2.45, 2.75) is 260 Å². The molecule has 0 bridgehead atoms. The third-order valence-electron chi connectivity index (χ3n) is 17.5. The molecule has 7 fully saturated rings. The van der Waals surface area contributed by atoms with Crippen molar-refractivity contribution < 1.29 is 203 Å². The van der Waals surface area contributed by atoms with Crippen molar-refractivity contribution in [1.29, 1.82) is 0 Å². The van der Waals surface area contributed by atoms with Gasteiger partial charge in [-0.2, -0.15) is 0 Å². The van der Waals surface area contributed by atoms with Gasteiger partial charge in [-0.25, -0.2) is 0 Å². The Bertz CT molecular complexity index is 2460. The van der Waals surface area contributed by atoms with Crippen LogP contribution in [0.25, 0.3) is 0 Å². The number of aliphatic hydroxyl groups is 24. The van der Waals surface area contributed by atoms with Crippen LogP contribution in [0.3, 0.4) is 0 Å². The maximum Gasteiger partial charge on any atom is 0.217 e. The van der Waals surface area contributed by atoms with Gasteiger partial charge in [0.15, 0.2) is 44.0 Å². The predicted molar refractivity (Wildman–Crippen MR) is 301 cm³/mol. The average Bonchev–Trinajstić information content (AvgIpc) is 0.773. The van der Waals surface area contributed by atoms with Crippen LogP contribution in [0.5, 0.6) is 0 Å². The molecule has 7 rings (SSSR count). The Kier molecular flexibility index (Phi) is 30.6. The second kappa shape index (κ2) is 36.5. The lowest BCUT2D eigenvalue weighted by molar-refractivity contribution is -0.397. The summed E-state index contributed by atoms with van der Waals surface area (Å²) >= 11 is 0. The molecule has 3 amide bonds. The molecule has 7 aliphatic heterocycles. The molecule has 39 atom stereocenters. The van der Waals surface area contributed by atoms with E-state index in [1.54, 1.807) is 0 Å². The summed E-state index contributed by atoms with van der Waals surface area (Å²) in [5.74, 6) is -2.68. The molecule has 0 aromatic heterocycles. The summed E-state index contributed by atoms with van der Waals surface area (Å²) in [4.78, 5) is 37.6. The summed E-state index contributed by atoms with van der Waals surface area (Å²) in [5, 5.41) is 269. The molecule has 98 heavy (non-hydrogen) atoms. The normalized spacial score (nSPS) is 46.1. The fraction of sp³-hybridized carbons (Fsp3) is 0.944. The Labute approximate surface area is 555 Å². The van der Waals surface area contributed by atoms with Crippen LogP contribution in [0.4, 0.5) is 0 Å². The smallest absolute Gasteiger partial charge is 0.217 e. The monoisotopic (exact) mass is 1440 g/mol. The summed E-state index contributed by atoms with van der Waals surface area (Å²) in [5.41, 5.74) is 0. The number of carbonyl (C=O) groups excluding carboxylic acids is 3. The molecule has 0 aromatic rings. The lowest BCUT2D eigenvalue weighted by Gasteiger charge is -2.51. The van der Waals surface area contributed by atoms with Crippen LogP contribution in [-0.4, -0.2) is 439 Å². The molecule has 570 valence electrons. The van der Waals surface area contributed by atoms with Gasteiger partial charge in [-0.1, -0.05) is 0 Å². The lowest BCUT2D eigenvalue weighted by Crippen LogP contribution is -2.70. The van der Waals surface area contributed by atoms with Crippen molar-refractivity contribution in [2.75, 3.05) is 59.5 Å². The lowest BCUT2D eigenvalue weighted by atomic mass is 9.94. The maximum atomic E-state index is 12.8. The molecule has 44 heteroatoms. The largest absolute Gasteiger partial charge is 0.394 e. The Morgan fingerprint density at radius 1 is 0.347 bits per heavy atom. The van der Waals surface area contributed by atoms with Crippen molar-refractivity contribution in [3.8, 4) is 0 Å². The number of hydrogen-bond acceptors (Lipinski definition) is 41. The first-order valence-electron chi connectivity index (χ1n) is 31.0. The van der Waals surface area contributed by atoms with Crippen LogP contribution in [0.1, 0.15) is 20.8 Å². The Morgan fingerprint density at radius 2 is 0.704 bits per heavy atom. The molecular weight excluding hydrogens is 1350 g/mol. The van der Waals surface area contributed by atoms with E-state index >= 15 is 0 Å². The molecule has 0 saturated carbocycles. The number of aliphatic hydroxyl groups excluding tert-OH is 24. The van der Waals surface area contributed by atoms with E-state index in [9.17, 15) is 137 Å². The molecule has 44 nitrogen and oxygen atoms in total. The Hall–Kier alpha value is -3.11. The fourth-order valence-corrected chi connectivity index (χ4v) is 12.2. The van der Waals surface area contributed by atoms with Crippen LogP contribution in [0.15, 0.2) is 0 Å².